The van der Waals surface area contributed by atoms with E-state index in [0.29, 0.717) is 11.4 Å². The number of hydrogen-bond acceptors (Lipinski definition) is 4. The number of carbonyl (C=O) groups is 1. The second-order valence-electron chi connectivity index (χ2n) is 4.65. The molecule has 0 aliphatic rings. The average molecular weight is 270 g/mol. The molecule has 6 heteroatoms. The second-order valence-corrected chi connectivity index (χ2v) is 4.65. The van der Waals surface area contributed by atoms with Crippen molar-refractivity contribution in [2.75, 3.05) is 5.32 Å². The van der Waals surface area contributed by atoms with Crippen molar-refractivity contribution < 1.29 is 9.21 Å². The third-order valence-electron chi connectivity index (χ3n) is 3.18. The molecule has 0 aliphatic carbocycles. The minimum Gasteiger partial charge on any atom is -0.438 e. The van der Waals surface area contributed by atoms with Crippen LogP contribution in [0, 0.1) is 13.8 Å². The number of imidazole rings is 1. The number of benzene rings is 1. The summed E-state index contributed by atoms with van der Waals surface area (Å²) in [5, 5.41) is 2.75. The van der Waals surface area contributed by atoms with E-state index in [1.165, 1.54) is 6.20 Å². The number of nitrogens with zero attached hydrogens (tertiary/aromatic N) is 3. The molecule has 3 aromatic rings. The van der Waals surface area contributed by atoms with Crippen LogP contribution < -0.4 is 5.32 Å². The number of hydrogen-bond donors (Lipinski definition) is 1. The molecule has 0 aliphatic heterocycles. The van der Waals surface area contributed by atoms with Gasteiger partial charge >= 0.3 is 5.91 Å². The van der Waals surface area contributed by atoms with Gasteiger partial charge in [-0.3, -0.25) is 4.79 Å². The molecule has 0 saturated carbocycles. The Kier molecular flexibility index (Phi) is 2.78. The summed E-state index contributed by atoms with van der Waals surface area (Å²) in [6, 6.07) is 5.58. The Labute approximate surface area is 115 Å². The van der Waals surface area contributed by atoms with E-state index in [9.17, 15) is 4.79 Å². The van der Waals surface area contributed by atoms with Gasteiger partial charge < -0.3 is 14.3 Å². The lowest BCUT2D eigenvalue weighted by atomic mass is 10.2. The molecular formula is C14H14N4O2. The van der Waals surface area contributed by atoms with Crippen LogP contribution in [-0.4, -0.2) is 20.4 Å². The summed E-state index contributed by atoms with van der Waals surface area (Å²) < 4.78 is 7.18. The van der Waals surface area contributed by atoms with E-state index in [0.717, 1.165) is 16.9 Å². The van der Waals surface area contributed by atoms with Crippen molar-refractivity contribution in [1.29, 1.82) is 0 Å². The van der Waals surface area contributed by atoms with Gasteiger partial charge in [-0.15, -0.1) is 0 Å². The lowest BCUT2D eigenvalue weighted by Crippen LogP contribution is -2.12. The first-order valence-electron chi connectivity index (χ1n) is 6.21. The molecule has 2 aromatic heterocycles. The normalized spacial score (nSPS) is 10.9. The fraction of sp³-hybridized carbons (Fsp3) is 0.214. The minimum absolute atomic E-state index is 0.0554. The van der Waals surface area contributed by atoms with Crippen LogP contribution in [-0.2, 0) is 7.05 Å². The summed E-state index contributed by atoms with van der Waals surface area (Å²) in [4.78, 5) is 20.3. The molecule has 0 saturated heterocycles. The molecule has 2 heterocycles. The summed E-state index contributed by atoms with van der Waals surface area (Å²) in [5.74, 6) is 1.21. The van der Waals surface area contributed by atoms with Gasteiger partial charge in [0.1, 0.15) is 11.6 Å². The van der Waals surface area contributed by atoms with Gasteiger partial charge in [-0.05, 0) is 32.0 Å². The molecule has 0 fully saturated rings. The zero-order valence-electron chi connectivity index (χ0n) is 11.5. The third-order valence-corrected chi connectivity index (χ3v) is 3.18. The topological polar surface area (TPSA) is 73.0 Å². The largest absolute Gasteiger partial charge is 0.438 e. The zero-order chi connectivity index (χ0) is 14.3. The van der Waals surface area contributed by atoms with Gasteiger partial charge in [0.2, 0.25) is 0 Å². The summed E-state index contributed by atoms with van der Waals surface area (Å²) in [7, 11) is 1.96. The van der Waals surface area contributed by atoms with E-state index < -0.39 is 0 Å². The molecule has 0 radical (unpaired) electrons. The molecule has 20 heavy (non-hydrogen) atoms. The lowest BCUT2D eigenvalue weighted by molar-refractivity contribution is 0.0989. The van der Waals surface area contributed by atoms with Crippen LogP contribution >= 0.6 is 0 Å². The van der Waals surface area contributed by atoms with E-state index in [1.807, 2.05) is 36.7 Å². The Morgan fingerprint density at radius 2 is 2.15 bits per heavy atom. The molecule has 0 spiro atoms. The molecule has 0 unspecified atom stereocenters. The Bertz CT molecular complexity index is 801. The average Bonchev–Trinajstić information content (AvgIpc) is 2.95. The quantitative estimate of drug-likeness (QED) is 0.776. The van der Waals surface area contributed by atoms with Crippen molar-refractivity contribution in [2.45, 2.75) is 13.8 Å². The van der Waals surface area contributed by atoms with Crippen LogP contribution in [0.1, 0.15) is 22.3 Å². The van der Waals surface area contributed by atoms with Gasteiger partial charge in [-0.2, -0.15) is 0 Å². The van der Waals surface area contributed by atoms with E-state index in [-0.39, 0.29) is 11.8 Å². The maximum absolute atomic E-state index is 11.9. The van der Waals surface area contributed by atoms with Crippen molar-refractivity contribution in [3.63, 3.8) is 0 Å². The van der Waals surface area contributed by atoms with E-state index in [4.69, 9.17) is 4.42 Å². The van der Waals surface area contributed by atoms with Crippen LogP contribution in [0.4, 0.5) is 5.69 Å². The van der Waals surface area contributed by atoms with Crippen molar-refractivity contribution in [2.24, 2.45) is 7.05 Å². The van der Waals surface area contributed by atoms with Crippen LogP contribution in [0.15, 0.2) is 28.8 Å². The third kappa shape index (κ3) is 2.05. The van der Waals surface area contributed by atoms with Crippen molar-refractivity contribution in [1.82, 2.24) is 14.5 Å². The van der Waals surface area contributed by atoms with Gasteiger partial charge in [-0.1, -0.05) is 0 Å². The van der Waals surface area contributed by atoms with E-state index in [2.05, 4.69) is 15.3 Å². The first-order chi connectivity index (χ1) is 9.54. The standard InChI is InChI=1S/C14H14N4O2/c1-8-7-15-14(20-8)13(19)17-10-4-5-12-11(6-10)16-9(2)18(12)3/h4-7H,1-3H3,(H,17,19). The summed E-state index contributed by atoms with van der Waals surface area (Å²) in [6.45, 7) is 3.68. The summed E-state index contributed by atoms with van der Waals surface area (Å²) >= 11 is 0. The van der Waals surface area contributed by atoms with Crippen LogP contribution in [0.5, 0.6) is 0 Å². The highest BCUT2D eigenvalue weighted by Crippen LogP contribution is 2.19. The van der Waals surface area contributed by atoms with Gasteiger partial charge in [0.15, 0.2) is 0 Å². The van der Waals surface area contributed by atoms with Gasteiger partial charge in [0, 0.05) is 12.7 Å². The number of rotatable bonds is 2. The van der Waals surface area contributed by atoms with Crippen molar-refractivity contribution in [3.8, 4) is 0 Å². The number of oxazole rings is 1. The molecular weight excluding hydrogens is 256 g/mol. The fourth-order valence-corrected chi connectivity index (χ4v) is 2.04. The van der Waals surface area contributed by atoms with Gasteiger partial charge in [0.25, 0.3) is 5.89 Å². The maximum atomic E-state index is 11.9. The number of fused-ring (bicyclic) bond motifs is 1. The Morgan fingerprint density at radius 3 is 2.85 bits per heavy atom. The van der Waals surface area contributed by atoms with Gasteiger partial charge in [-0.25, -0.2) is 9.97 Å². The second kappa shape index (κ2) is 4.48. The molecule has 3 rings (SSSR count). The first-order valence-corrected chi connectivity index (χ1v) is 6.21. The van der Waals surface area contributed by atoms with Gasteiger partial charge in [0.05, 0.1) is 17.2 Å². The Morgan fingerprint density at radius 1 is 1.35 bits per heavy atom. The lowest BCUT2D eigenvalue weighted by Gasteiger charge is -2.02. The summed E-state index contributed by atoms with van der Waals surface area (Å²) in [6.07, 6.45) is 1.51. The van der Waals surface area contributed by atoms with E-state index in [1.54, 1.807) is 6.92 Å². The Hall–Kier alpha value is -2.63. The molecule has 0 bridgehead atoms. The predicted molar refractivity (Wildman–Crippen MR) is 74.6 cm³/mol. The highest BCUT2D eigenvalue weighted by atomic mass is 16.4. The number of anilines is 1. The van der Waals surface area contributed by atoms with Crippen molar-refractivity contribution >= 4 is 22.6 Å². The molecule has 1 aromatic carbocycles. The van der Waals surface area contributed by atoms with Crippen LogP contribution in [0.25, 0.3) is 11.0 Å². The maximum Gasteiger partial charge on any atom is 0.311 e. The van der Waals surface area contributed by atoms with Crippen LogP contribution in [0.2, 0.25) is 0 Å². The first kappa shape index (κ1) is 12.4. The zero-order valence-corrected chi connectivity index (χ0v) is 11.5. The molecule has 102 valence electrons. The number of nitrogens with one attached hydrogen (secondary N) is 1. The number of aryl methyl sites for hydroxylation is 3. The molecule has 1 N–H and O–H groups in total. The SMILES string of the molecule is Cc1cnc(C(=O)Nc2ccc3c(c2)nc(C)n3C)o1. The highest BCUT2D eigenvalue weighted by molar-refractivity contribution is 6.01. The fourth-order valence-electron chi connectivity index (χ4n) is 2.04. The predicted octanol–water partition coefficient (Wildman–Crippen LogP) is 2.43. The molecule has 1 amide bonds. The summed E-state index contributed by atoms with van der Waals surface area (Å²) in [5.41, 5.74) is 2.52. The highest BCUT2D eigenvalue weighted by Gasteiger charge is 2.13. The minimum atomic E-state index is -0.370. The van der Waals surface area contributed by atoms with Crippen molar-refractivity contribution in [3.05, 3.63) is 41.9 Å². The smallest absolute Gasteiger partial charge is 0.311 e. The molecule has 6 nitrogen and oxygen atoms in total. The number of aromatic nitrogens is 3. The Balaban J connectivity index is 1.89. The van der Waals surface area contributed by atoms with Crippen LogP contribution in [0.3, 0.4) is 0 Å². The van der Waals surface area contributed by atoms with E-state index >= 15 is 0 Å². The number of amides is 1. The molecule has 0 atom stereocenters. The number of carbonyl (C=O) groups excluding carboxylic acids is 1. The monoisotopic (exact) mass is 270 g/mol.